The van der Waals surface area contributed by atoms with Crippen LogP contribution in [0, 0.1) is 18.8 Å². The highest BCUT2D eigenvalue weighted by atomic mass is 16.2. The maximum absolute atomic E-state index is 12.5. The summed E-state index contributed by atoms with van der Waals surface area (Å²) in [7, 11) is 0. The Kier molecular flexibility index (Phi) is 5.82. The van der Waals surface area contributed by atoms with Gasteiger partial charge >= 0.3 is 0 Å². The number of imidazole rings is 1. The van der Waals surface area contributed by atoms with E-state index in [-0.39, 0.29) is 17.7 Å². The van der Waals surface area contributed by atoms with E-state index >= 15 is 0 Å². The van der Waals surface area contributed by atoms with E-state index in [0.29, 0.717) is 12.3 Å². The molecule has 0 aliphatic carbocycles. The number of anilines is 1. The highest BCUT2D eigenvalue weighted by molar-refractivity contribution is 5.93. The molecule has 0 bridgehead atoms. The minimum atomic E-state index is 0.0367. The van der Waals surface area contributed by atoms with E-state index in [2.05, 4.69) is 21.8 Å². The zero-order chi connectivity index (χ0) is 19.6. The van der Waals surface area contributed by atoms with Crippen LogP contribution >= 0.6 is 0 Å². The first kappa shape index (κ1) is 19.4. The molecule has 27 heavy (non-hydrogen) atoms. The van der Waals surface area contributed by atoms with Crippen LogP contribution in [-0.4, -0.2) is 39.4 Å². The van der Waals surface area contributed by atoms with Gasteiger partial charge < -0.3 is 14.8 Å². The number of carbonyl (C=O) groups excluding carboxylic acids is 2. The second kappa shape index (κ2) is 8.11. The van der Waals surface area contributed by atoms with Crippen molar-refractivity contribution in [3.8, 4) is 0 Å². The summed E-state index contributed by atoms with van der Waals surface area (Å²) in [6, 6.07) is 5.90. The fraction of sp³-hybridized carbons (Fsp3) is 0.571. The minimum absolute atomic E-state index is 0.0367. The van der Waals surface area contributed by atoms with Gasteiger partial charge in [0.05, 0.1) is 11.0 Å². The van der Waals surface area contributed by atoms with E-state index in [0.717, 1.165) is 55.0 Å². The SMILES string of the molecule is CCn1c(C)nc2cc(NC(=O)CC3CCN(C(=O)C(C)C)CC3)ccc21. The van der Waals surface area contributed by atoms with Crippen molar-refractivity contribution in [3.63, 3.8) is 0 Å². The number of fused-ring (bicyclic) bond motifs is 1. The fourth-order valence-electron chi connectivity index (χ4n) is 3.92. The molecule has 1 aromatic heterocycles. The largest absolute Gasteiger partial charge is 0.342 e. The average Bonchev–Trinajstić information content (AvgIpc) is 2.95. The van der Waals surface area contributed by atoms with E-state index in [9.17, 15) is 9.59 Å². The molecule has 2 aromatic rings. The third kappa shape index (κ3) is 4.31. The summed E-state index contributed by atoms with van der Waals surface area (Å²) in [4.78, 5) is 31.0. The van der Waals surface area contributed by atoms with E-state index in [4.69, 9.17) is 0 Å². The normalized spacial score (nSPS) is 15.5. The van der Waals surface area contributed by atoms with Gasteiger partial charge in [-0.25, -0.2) is 4.98 Å². The number of nitrogens with zero attached hydrogens (tertiary/aromatic N) is 3. The first-order valence-corrected chi connectivity index (χ1v) is 9.94. The van der Waals surface area contributed by atoms with Gasteiger partial charge in [-0.05, 0) is 50.8 Å². The van der Waals surface area contributed by atoms with Gasteiger partial charge in [0, 0.05) is 37.7 Å². The van der Waals surface area contributed by atoms with Crippen molar-refractivity contribution in [1.82, 2.24) is 14.5 Å². The molecule has 2 amide bonds. The fourth-order valence-corrected chi connectivity index (χ4v) is 3.92. The van der Waals surface area contributed by atoms with Crippen LogP contribution in [0.5, 0.6) is 0 Å². The highest BCUT2D eigenvalue weighted by Gasteiger charge is 2.25. The highest BCUT2D eigenvalue weighted by Crippen LogP contribution is 2.24. The van der Waals surface area contributed by atoms with Crippen LogP contribution in [-0.2, 0) is 16.1 Å². The third-order valence-electron chi connectivity index (χ3n) is 5.43. The minimum Gasteiger partial charge on any atom is -0.342 e. The number of amides is 2. The molecule has 6 nitrogen and oxygen atoms in total. The van der Waals surface area contributed by atoms with Crippen LogP contribution in [0.25, 0.3) is 11.0 Å². The number of benzene rings is 1. The molecule has 3 rings (SSSR count). The number of carbonyl (C=O) groups is 2. The predicted molar refractivity (Wildman–Crippen MR) is 108 cm³/mol. The number of nitrogens with one attached hydrogen (secondary N) is 1. The van der Waals surface area contributed by atoms with Gasteiger partial charge in [-0.15, -0.1) is 0 Å². The first-order chi connectivity index (χ1) is 12.9. The molecule has 1 fully saturated rings. The molecule has 6 heteroatoms. The summed E-state index contributed by atoms with van der Waals surface area (Å²) in [5, 5.41) is 3.01. The van der Waals surface area contributed by atoms with Crippen molar-refractivity contribution in [2.75, 3.05) is 18.4 Å². The van der Waals surface area contributed by atoms with Crippen molar-refractivity contribution < 1.29 is 9.59 Å². The molecule has 1 N–H and O–H groups in total. The molecule has 146 valence electrons. The van der Waals surface area contributed by atoms with Gasteiger partial charge in [-0.2, -0.15) is 0 Å². The Morgan fingerprint density at radius 1 is 1.26 bits per heavy atom. The first-order valence-electron chi connectivity index (χ1n) is 9.94. The Labute approximate surface area is 160 Å². The molecule has 1 saturated heterocycles. The molecule has 0 spiro atoms. The lowest BCUT2D eigenvalue weighted by Gasteiger charge is -2.32. The van der Waals surface area contributed by atoms with Crippen molar-refractivity contribution >= 4 is 28.5 Å². The van der Waals surface area contributed by atoms with Crippen LogP contribution in [0.15, 0.2) is 18.2 Å². The smallest absolute Gasteiger partial charge is 0.225 e. The lowest BCUT2D eigenvalue weighted by Crippen LogP contribution is -2.41. The lowest BCUT2D eigenvalue weighted by atomic mass is 9.92. The molecule has 1 aliphatic rings. The number of aromatic nitrogens is 2. The summed E-state index contributed by atoms with van der Waals surface area (Å²) in [6.45, 7) is 10.4. The zero-order valence-corrected chi connectivity index (χ0v) is 16.8. The molecular formula is C21H30N4O2. The summed E-state index contributed by atoms with van der Waals surface area (Å²) < 4.78 is 2.16. The van der Waals surface area contributed by atoms with Gasteiger partial charge in [0.2, 0.25) is 11.8 Å². The van der Waals surface area contributed by atoms with Gasteiger partial charge in [0.25, 0.3) is 0 Å². The number of piperidine rings is 1. The molecule has 1 aromatic carbocycles. The summed E-state index contributed by atoms with van der Waals surface area (Å²) in [5.41, 5.74) is 2.79. The van der Waals surface area contributed by atoms with Crippen molar-refractivity contribution in [1.29, 1.82) is 0 Å². The van der Waals surface area contributed by atoms with Gasteiger partial charge in [0.1, 0.15) is 5.82 Å². The summed E-state index contributed by atoms with van der Waals surface area (Å²) in [5.74, 6) is 1.62. The molecule has 0 radical (unpaired) electrons. The van der Waals surface area contributed by atoms with E-state index < -0.39 is 0 Å². The van der Waals surface area contributed by atoms with Crippen molar-refractivity contribution in [2.24, 2.45) is 11.8 Å². The maximum Gasteiger partial charge on any atom is 0.225 e. The standard InChI is InChI=1S/C21H30N4O2/c1-5-25-15(4)22-18-13-17(6-7-19(18)25)23-20(26)12-16-8-10-24(11-9-16)21(27)14(2)3/h6-7,13-14,16H,5,8-12H2,1-4H3,(H,23,26). The van der Waals surface area contributed by atoms with Gasteiger partial charge in [-0.3, -0.25) is 9.59 Å². The Morgan fingerprint density at radius 2 is 1.96 bits per heavy atom. The summed E-state index contributed by atoms with van der Waals surface area (Å²) >= 11 is 0. The molecule has 1 aliphatic heterocycles. The molecule has 0 atom stereocenters. The molecular weight excluding hydrogens is 340 g/mol. The quantitative estimate of drug-likeness (QED) is 0.875. The Bertz CT molecular complexity index is 832. The van der Waals surface area contributed by atoms with Crippen molar-refractivity contribution in [2.45, 2.75) is 53.5 Å². The molecule has 0 unspecified atom stereocenters. The number of hydrogen-bond donors (Lipinski definition) is 1. The third-order valence-corrected chi connectivity index (χ3v) is 5.43. The zero-order valence-electron chi connectivity index (χ0n) is 16.8. The average molecular weight is 370 g/mol. The van der Waals surface area contributed by atoms with E-state index in [1.54, 1.807) is 0 Å². The second-order valence-corrected chi connectivity index (χ2v) is 7.78. The molecule has 2 heterocycles. The van der Waals surface area contributed by atoms with Crippen LogP contribution in [0.1, 0.15) is 45.9 Å². The molecule has 0 saturated carbocycles. The van der Waals surface area contributed by atoms with Gasteiger partial charge in [-0.1, -0.05) is 13.8 Å². The monoisotopic (exact) mass is 370 g/mol. The van der Waals surface area contributed by atoms with Gasteiger partial charge in [0.15, 0.2) is 0 Å². The van der Waals surface area contributed by atoms with Crippen LogP contribution in [0.3, 0.4) is 0 Å². The van der Waals surface area contributed by atoms with Crippen molar-refractivity contribution in [3.05, 3.63) is 24.0 Å². The van der Waals surface area contributed by atoms with E-state index in [1.807, 2.05) is 43.9 Å². The Balaban J connectivity index is 1.55. The topological polar surface area (TPSA) is 67.2 Å². The van der Waals surface area contributed by atoms with Crippen LogP contribution < -0.4 is 5.32 Å². The number of hydrogen-bond acceptors (Lipinski definition) is 3. The predicted octanol–water partition coefficient (Wildman–Crippen LogP) is 3.59. The van der Waals surface area contributed by atoms with Crippen LogP contribution in [0.2, 0.25) is 0 Å². The maximum atomic E-state index is 12.5. The van der Waals surface area contributed by atoms with E-state index in [1.165, 1.54) is 0 Å². The van der Waals surface area contributed by atoms with Crippen LogP contribution in [0.4, 0.5) is 5.69 Å². The second-order valence-electron chi connectivity index (χ2n) is 7.78. The Hall–Kier alpha value is -2.37. The summed E-state index contributed by atoms with van der Waals surface area (Å²) in [6.07, 6.45) is 2.29. The number of rotatable bonds is 5. The lowest BCUT2D eigenvalue weighted by molar-refractivity contribution is -0.135. The Morgan fingerprint density at radius 3 is 2.59 bits per heavy atom. The number of aryl methyl sites for hydroxylation is 2. The number of likely N-dealkylation sites (tertiary alicyclic amines) is 1.